The average molecular weight is 398 g/mol. The van der Waals surface area contributed by atoms with Gasteiger partial charge in [0.1, 0.15) is 17.2 Å². The topological polar surface area (TPSA) is 84.0 Å². The molecule has 1 aromatic heterocycles. The molecule has 3 rings (SSSR count). The monoisotopic (exact) mass is 398 g/mol. The van der Waals surface area contributed by atoms with E-state index in [0.717, 1.165) is 19.6 Å². The molecule has 0 spiro atoms. The lowest BCUT2D eigenvalue weighted by Crippen LogP contribution is -2.48. The highest BCUT2D eigenvalue weighted by atomic mass is 16.5. The molecule has 8 heteroatoms. The van der Waals surface area contributed by atoms with Gasteiger partial charge in [-0.05, 0) is 30.8 Å². The number of carbonyl (C=O) groups excluding carboxylic acids is 2. The highest BCUT2D eigenvalue weighted by molar-refractivity contribution is 6.06. The van der Waals surface area contributed by atoms with Gasteiger partial charge in [0.15, 0.2) is 0 Å². The quantitative estimate of drug-likeness (QED) is 0.803. The molecule has 1 N–H and O–H groups in total. The highest BCUT2D eigenvalue weighted by Crippen LogP contribution is 2.29. The predicted octanol–water partition coefficient (Wildman–Crippen LogP) is 2.13. The van der Waals surface area contributed by atoms with Crippen LogP contribution in [0.15, 0.2) is 36.5 Å². The third-order valence-corrected chi connectivity index (χ3v) is 5.00. The fourth-order valence-electron chi connectivity index (χ4n) is 3.22. The van der Waals surface area contributed by atoms with E-state index in [1.54, 1.807) is 36.3 Å². The molecular weight excluding hydrogens is 372 g/mol. The number of hydrogen-bond acceptors (Lipinski definition) is 6. The van der Waals surface area contributed by atoms with Crippen LogP contribution in [0, 0.1) is 0 Å². The Balaban J connectivity index is 1.74. The molecule has 29 heavy (non-hydrogen) atoms. The van der Waals surface area contributed by atoms with Crippen molar-refractivity contribution in [2.75, 3.05) is 52.3 Å². The minimum Gasteiger partial charge on any atom is -0.497 e. The predicted molar refractivity (Wildman–Crippen MR) is 110 cm³/mol. The van der Waals surface area contributed by atoms with E-state index in [2.05, 4.69) is 22.1 Å². The van der Waals surface area contributed by atoms with Crippen molar-refractivity contribution in [1.29, 1.82) is 0 Å². The van der Waals surface area contributed by atoms with Crippen molar-refractivity contribution >= 4 is 17.5 Å². The van der Waals surface area contributed by atoms with Gasteiger partial charge in [0.25, 0.3) is 11.8 Å². The van der Waals surface area contributed by atoms with Gasteiger partial charge in [-0.3, -0.25) is 14.6 Å². The zero-order valence-corrected chi connectivity index (χ0v) is 17.0. The van der Waals surface area contributed by atoms with E-state index in [1.165, 1.54) is 19.4 Å². The number of aromatic nitrogens is 1. The Morgan fingerprint density at radius 3 is 2.48 bits per heavy atom. The lowest BCUT2D eigenvalue weighted by atomic mass is 10.1. The van der Waals surface area contributed by atoms with E-state index in [4.69, 9.17) is 9.47 Å². The van der Waals surface area contributed by atoms with E-state index in [-0.39, 0.29) is 17.5 Å². The summed E-state index contributed by atoms with van der Waals surface area (Å²) in [5.74, 6) is 0.592. The van der Waals surface area contributed by atoms with Crippen LogP contribution in [0.4, 0.5) is 5.69 Å². The number of likely N-dealkylation sites (N-methyl/N-ethyl adjacent to an activating group) is 1. The average Bonchev–Trinajstić information content (AvgIpc) is 2.78. The normalized spacial score (nSPS) is 14.4. The largest absolute Gasteiger partial charge is 0.497 e. The number of hydrogen-bond donors (Lipinski definition) is 1. The van der Waals surface area contributed by atoms with Crippen LogP contribution in [0.3, 0.4) is 0 Å². The lowest BCUT2D eigenvalue weighted by molar-refractivity contribution is 0.0637. The zero-order valence-electron chi connectivity index (χ0n) is 17.0. The first-order chi connectivity index (χ1) is 14.0. The van der Waals surface area contributed by atoms with Gasteiger partial charge in [0, 0.05) is 44.0 Å². The second-order valence-corrected chi connectivity index (χ2v) is 6.68. The first kappa shape index (κ1) is 20.6. The van der Waals surface area contributed by atoms with Crippen LogP contribution in [0.1, 0.15) is 27.8 Å². The SMILES string of the molecule is CCN1CCN(C(=O)c2cc(C(=O)Nc3cc(OC)ccc3OC)ccn2)CC1. The molecule has 1 aliphatic rings. The Morgan fingerprint density at radius 1 is 1.07 bits per heavy atom. The summed E-state index contributed by atoms with van der Waals surface area (Å²) in [5, 5.41) is 2.81. The number of pyridine rings is 1. The maximum atomic E-state index is 12.8. The van der Waals surface area contributed by atoms with Crippen molar-refractivity contribution in [3.63, 3.8) is 0 Å². The fraction of sp³-hybridized carbons (Fsp3) is 0.381. The Kier molecular flexibility index (Phi) is 6.66. The number of anilines is 1. The third-order valence-electron chi connectivity index (χ3n) is 5.00. The van der Waals surface area contributed by atoms with Crippen LogP contribution in [0.25, 0.3) is 0 Å². The molecule has 1 saturated heterocycles. The molecule has 1 fully saturated rings. The van der Waals surface area contributed by atoms with E-state index in [0.29, 0.717) is 35.8 Å². The molecule has 0 atom stereocenters. The molecule has 0 radical (unpaired) electrons. The minimum absolute atomic E-state index is 0.158. The first-order valence-corrected chi connectivity index (χ1v) is 9.56. The van der Waals surface area contributed by atoms with Crippen molar-refractivity contribution in [1.82, 2.24) is 14.8 Å². The summed E-state index contributed by atoms with van der Waals surface area (Å²) in [6, 6.07) is 8.24. The summed E-state index contributed by atoms with van der Waals surface area (Å²) in [4.78, 5) is 33.8. The Hall–Kier alpha value is -3.13. The minimum atomic E-state index is -0.358. The molecule has 1 aliphatic heterocycles. The number of ether oxygens (including phenoxy) is 2. The van der Waals surface area contributed by atoms with Crippen LogP contribution in [-0.4, -0.2) is 73.5 Å². The summed E-state index contributed by atoms with van der Waals surface area (Å²) in [7, 11) is 3.08. The van der Waals surface area contributed by atoms with Crippen LogP contribution in [0.2, 0.25) is 0 Å². The summed E-state index contributed by atoms with van der Waals surface area (Å²) >= 11 is 0. The van der Waals surface area contributed by atoms with E-state index < -0.39 is 0 Å². The van der Waals surface area contributed by atoms with Crippen molar-refractivity contribution in [2.24, 2.45) is 0 Å². The van der Waals surface area contributed by atoms with Gasteiger partial charge in [-0.15, -0.1) is 0 Å². The second kappa shape index (κ2) is 9.38. The van der Waals surface area contributed by atoms with Gasteiger partial charge in [-0.2, -0.15) is 0 Å². The molecule has 0 unspecified atom stereocenters. The van der Waals surface area contributed by atoms with Crippen LogP contribution < -0.4 is 14.8 Å². The first-order valence-electron chi connectivity index (χ1n) is 9.56. The molecular formula is C21H26N4O4. The van der Waals surface area contributed by atoms with Gasteiger partial charge in [0.05, 0.1) is 19.9 Å². The van der Waals surface area contributed by atoms with Crippen LogP contribution in [-0.2, 0) is 0 Å². The van der Waals surface area contributed by atoms with Crippen molar-refractivity contribution < 1.29 is 19.1 Å². The Bertz CT molecular complexity index is 879. The molecule has 8 nitrogen and oxygen atoms in total. The number of carbonyl (C=O) groups is 2. The van der Waals surface area contributed by atoms with Gasteiger partial charge >= 0.3 is 0 Å². The highest BCUT2D eigenvalue weighted by Gasteiger charge is 2.23. The number of nitrogens with one attached hydrogen (secondary N) is 1. The van der Waals surface area contributed by atoms with Crippen molar-refractivity contribution in [3.05, 3.63) is 47.8 Å². The third kappa shape index (κ3) is 4.83. The van der Waals surface area contributed by atoms with Gasteiger partial charge in [0.2, 0.25) is 0 Å². The van der Waals surface area contributed by atoms with Gasteiger partial charge in [-0.25, -0.2) is 0 Å². The summed E-state index contributed by atoms with van der Waals surface area (Å²) in [6.07, 6.45) is 1.48. The molecule has 2 aromatic rings. The zero-order chi connectivity index (χ0) is 20.8. The maximum absolute atomic E-state index is 12.8. The summed E-state index contributed by atoms with van der Waals surface area (Å²) in [6.45, 7) is 6.09. The fourth-order valence-corrected chi connectivity index (χ4v) is 3.22. The molecule has 2 heterocycles. The number of methoxy groups -OCH3 is 2. The Labute approximate surface area is 170 Å². The lowest BCUT2D eigenvalue weighted by Gasteiger charge is -2.33. The number of nitrogens with zero attached hydrogens (tertiary/aromatic N) is 3. The molecule has 154 valence electrons. The molecule has 0 bridgehead atoms. The molecule has 1 aromatic carbocycles. The van der Waals surface area contributed by atoms with Gasteiger partial charge in [-0.1, -0.05) is 6.92 Å². The number of amides is 2. The van der Waals surface area contributed by atoms with E-state index in [1.807, 2.05) is 0 Å². The standard InChI is InChI=1S/C21H26N4O4/c1-4-24-9-11-25(12-10-24)21(27)18-13-15(7-8-22-18)20(26)23-17-14-16(28-2)5-6-19(17)29-3/h5-8,13-14H,4,9-12H2,1-3H3,(H,23,26). The summed E-state index contributed by atoms with van der Waals surface area (Å²) < 4.78 is 10.5. The number of rotatable bonds is 6. The molecule has 0 aliphatic carbocycles. The smallest absolute Gasteiger partial charge is 0.272 e. The Morgan fingerprint density at radius 2 is 1.83 bits per heavy atom. The number of piperazine rings is 1. The second-order valence-electron chi connectivity index (χ2n) is 6.68. The van der Waals surface area contributed by atoms with Gasteiger partial charge < -0.3 is 24.6 Å². The van der Waals surface area contributed by atoms with Crippen molar-refractivity contribution in [3.8, 4) is 11.5 Å². The van der Waals surface area contributed by atoms with E-state index in [9.17, 15) is 9.59 Å². The molecule has 0 saturated carbocycles. The maximum Gasteiger partial charge on any atom is 0.272 e. The van der Waals surface area contributed by atoms with Crippen LogP contribution in [0.5, 0.6) is 11.5 Å². The van der Waals surface area contributed by atoms with Crippen molar-refractivity contribution in [2.45, 2.75) is 6.92 Å². The molecule has 2 amide bonds. The van der Waals surface area contributed by atoms with E-state index >= 15 is 0 Å². The number of benzene rings is 1. The van der Waals surface area contributed by atoms with Crippen LogP contribution >= 0.6 is 0 Å². The summed E-state index contributed by atoms with van der Waals surface area (Å²) in [5.41, 5.74) is 1.10.